The Morgan fingerprint density at radius 1 is 1.05 bits per heavy atom. The molecule has 11 heteroatoms. The number of epoxide rings is 1. The van der Waals surface area contributed by atoms with E-state index in [0.717, 1.165) is 24.8 Å². The van der Waals surface area contributed by atoms with Crippen LogP contribution in [0.4, 0.5) is 0 Å². The largest absolute Gasteiger partial charge is 0.504 e. The second-order valence-electron chi connectivity index (χ2n) is 11.9. The molecule has 1 saturated carbocycles. The van der Waals surface area contributed by atoms with E-state index >= 15 is 0 Å². The number of allylic oxidation sites excluding steroid dienone is 1. The minimum absolute atomic E-state index is 0.0215. The zero-order valence-electron chi connectivity index (χ0n) is 24.6. The van der Waals surface area contributed by atoms with Gasteiger partial charge in [-0.25, -0.2) is 0 Å². The van der Waals surface area contributed by atoms with Gasteiger partial charge in [0.25, 0.3) is 0 Å². The van der Waals surface area contributed by atoms with Crippen LogP contribution in [0.25, 0.3) is 0 Å². The smallest absolute Gasteiger partial charge is 0.243 e. The highest BCUT2D eigenvalue weighted by atomic mass is 16.6. The first kappa shape index (κ1) is 31.5. The maximum Gasteiger partial charge on any atom is 0.243 e. The van der Waals surface area contributed by atoms with Crippen molar-refractivity contribution in [3.63, 3.8) is 0 Å². The molecule has 3 aliphatic rings. The third-order valence-corrected chi connectivity index (χ3v) is 8.47. The lowest BCUT2D eigenvalue weighted by Crippen LogP contribution is -2.57. The molecule has 2 aliphatic carbocycles. The number of carbonyl (C=O) groups is 4. The second kappa shape index (κ2) is 13.7. The third kappa shape index (κ3) is 8.10. The molecule has 0 spiro atoms. The molecule has 230 valence electrons. The zero-order chi connectivity index (χ0) is 30.4. The molecule has 1 aliphatic heterocycles. The van der Waals surface area contributed by atoms with Gasteiger partial charge in [0, 0.05) is 12.3 Å². The first-order valence-electron chi connectivity index (χ1n) is 14.8. The number of Topliss-reactive ketones (excluding diaryl/α,β-unsaturated/α-hetero) is 1. The van der Waals surface area contributed by atoms with E-state index < -0.39 is 41.6 Å². The number of aliphatic hydroxyl groups excluding tert-OH is 1. The summed E-state index contributed by atoms with van der Waals surface area (Å²) in [5.41, 5.74) is 0.723. The van der Waals surface area contributed by atoms with Gasteiger partial charge in [0.1, 0.15) is 17.7 Å². The minimum atomic E-state index is -1.10. The van der Waals surface area contributed by atoms with Crippen molar-refractivity contribution in [3.05, 3.63) is 35.4 Å². The molecule has 2 fully saturated rings. The first-order valence-corrected chi connectivity index (χ1v) is 14.8. The summed E-state index contributed by atoms with van der Waals surface area (Å²) < 4.78 is 10.5. The number of methoxy groups -OCH3 is 1. The summed E-state index contributed by atoms with van der Waals surface area (Å²) >= 11 is 0. The monoisotopic (exact) mass is 585 g/mol. The Balaban J connectivity index is 1.48. The van der Waals surface area contributed by atoms with Crippen molar-refractivity contribution in [3.8, 4) is 11.5 Å². The molecule has 4 rings (SSSR count). The van der Waals surface area contributed by atoms with Gasteiger partial charge in [-0.2, -0.15) is 0 Å². The number of hydrogen-bond donors (Lipinski definition) is 5. The first-order chi connectivity index (χ1) is 20.0. The number of benzene rings is 1. The van der Waals surface area contributed by atoms with Crippen LogP contribution in [0.15, 0.2) is 29.8 Å². The number of ether oxygens (including phenoxy) is 2. The van der Waals surface area contributed by atoms with E-state index in [0.29, 0.717) is 44.3 Å². The summed E-state index contributed by atoms with van der Waals surface area (Å²) in [4.78, 5) is 53.0. The highest BCUT2D eigenvalue weighted by molar-refractivity contribution is 5.98. The van der Waals surface area contributed by atoms with Crippen molar-refractivity contribution in [2.45, 2.75) is 101 Å². The Labute approximate surface area is 246 Å². The average Bonchev–Trinajstić information content (AvgIpc) is 3.50. The molecule has 1 aromatic carbocycles. The number of hydrogen-bond acceptors (Lipinski definition) is 8. The van der Waals surface area contributed by atoms with E-state index in [1.54, 1.807) is 26.0 Å². The molecule has 4 atom stereocenters. The number of aliphatic hydroxyl groups is 1. The van der Waals surface area contributed by atoms with Crippen LogP contribution in [0, 0.1) is 5.92 Å². The lowest BCUT2D eigenvalue weighted by Gasteiger charge is -2.27. The maximum absolute atomic E-state index is 13.7. The van der Waals surface area contributed by atoms with Crippen LogP contribution in [0.2, 0.25) is 0 Å². The van der Waals surface area contributed by atoms with E-state index in [4.69, 9.17) is 9.47 Å². The Bertz CT molecular complexity index is 1200. The predicted molar refractivity (Wildman–Crippen MR) is 154 cm³/mol. The van der Waals surface area contributed by atoms with Crippen LogP contribution in [-0.4, -0.2) is 77.3 Å². The van der Waals surface area contributed by atoms with Crippen LogP contribution in [0.3, 0.4) is 0 Å². The number of ketones is 1. The van der Waals surface area contributed by atoms with Crippen molar-refractivity contribution in [2.24, 2.45) is 5.92 Å². The number of rotatable bonds is 13. The molecule has 1 aromatic rings. The fourth-order valence-electron chi connectivity index (χ4n) is 5.62. The van der Waals surface area contributed by atoms with Crippen LogP contribution >= 0.6 is 0 Å². The van der Waals surface area contributed by atoms with Gasteiger partial charge in [0.15, 0.2) is 17.3 Å². The van der Waals surface area contributed by atoms with Gasteiger partial charge in [-0.05, 0) is 82.9 Å². The van der Waals surface area contributed by atoms with Gasteiger partial charge >= 0.3 is 0 Å². The topological polar surface area (TPSA) is 167 Å². The summed E-state index contributed by atoms with van der Waals surface area (Å²) in [6, 6.07) is 1.85. The molecule has 0 aromatic heterocycles. The standard InChI is InChI=1S/C31H43N3O8/c1-18(32-29(39)21-9-11-22(35)12-10-21)28(38)34-24(15-20-8-13-26(41-3)25(36)16-20)30(40)33-23(14-19-6-4-5-7-19)27(37)31(2)17-42-31/h6,8,13,16,18,21-24,35-36H,4-5,7,9-12,14-15,17H2,1-3H3,(H,32,39)(H,33,40)(H,34,38). The molecule has 4 unspecified atom stereocenters. The number of phenols is 1. The normalized spacial score (nSPS) is 25.4. The quantitative estimate of drug-likeness (QED) is 0.173. The molecule has 0 radical (unpaired) electrons. The Kier molecular flexibility index (Phi) is 10.3. The lowest BCUT2D eigenvalue weighted by atomic mass is 9.87. The van der Waals surface area contributed by atoms with E-state index in [1.807, 2.05) is 0 Å². The Morgan fingerprint density at radius 2 is 1.74 bits per heavy atom. The molecule has 1 heterocycles. The summed E-state index contributed by atoms with van der Waals surface area (Å²) in [6.45, 7) is 3.54. The van der Waals surface area contributed by atoms with Crippen molar-refractivity contribution in [1.29, 1.82) is 0 Å². The van der Waals surface area contributed by atoms with E-state index in [1.165, 1.54) is 13.2 Å². The SMILES string of the molecule is COc1ccc(CC(NC(=O)C(C)NC(=O)C2CCC(O)CC2)C(=O)NC(CC2=CCCC2)C(=O)C2(C)CO2)cc1O. The van der Waals surface area contributed by atoms with Gasteiger partial charge < -0.3 is 35.6 Å². The van der Waals surface area contributed by atoms with Gasteiger partial charge in [-0.1, -0.05) is 17.7 Å². The summed E-state index contributed by atoms with van der Waals surface area (Å²) in [5.74, 6) is -1.72. The van der Waals surface area contributed by atoms with Crippen LogP contribution in [0.5, 0.6) is 11.5 Å². The highest BCUT2D eigenvalue weighted by Crippen LogP contribution is 2.32. The second-order valence-corrected chi connectivity index (χ2v) is 11.9. The maximum atomic E-state index is 13.7. The van der Waals surface area contributed by atoms with Crippen molar-refractivity contribution >= 4 is 23.5 Å². The predicted octanol–water partition coefficient (Wildman–Crippen LogP) is 1.83. The van der Waals surface area contributed by atoms with Crippen LogP contribution in [0.1, 0.15) is 70.8 Å². The fraction of sp³-hybridized carbons (Fsp3) is 0.613. The molecule has 0 bridgehead atoms. The van der Waals surface area contributed by atoms with Gasteiger partial charge in [-0.3, -0.25) is 19.2 Å². The fourth-order valence-corrected chi connectivity index (χ4v) is 5.62. The molecular weight excluding hydrogens is 542 g/mol. The van der Waals surface area contributed by atoms with Crippen molar-refractivity contribution in [1.82, 2.24) is 16.0 Å². The van der Waals surface area contributed by atoms with Crippen LogP contribution < -0.4 is 20.7 Å². The van der Waals surface area contributed by atoms with Crippen molar-refractivity contribution < 1.29 is 38.9 Å². The average molecular weight is 586 g/mol. The van der Waals surface area contributed by atoms with Gasteiger partial charge in [0.2, 0.25) is 17.7 Å². The molecule has 11 nitrogen and oxygen atoms in total. The number of nitrogens with one attached hydrogen (secondary N) is 3. The zero-order valence-corrected chi connectivity index (χ0v) is 24.6. The number of amides is 3. The number of aromatic hydroxyl groups is 1. The number of carbonyl (C=O) groups excluding carboxylic acids is 4. The van der Waals surface area contributed by atoms with E-state index in [-0.39, 0.29) is 35.5 Å². The van der Waals surface area contributed by atoms with Crippen molar-refractivity contribution in [2.75, 3.05) is 13.7 Å². The third-order valence-electron chi connectivity index (χ3n) is 8.47. The summed E-state index contributed by atoms with van der Waals surface area (Å²) in [7, 11) is 1.43. The Morgan fingerprint density at radius 3 is 2.33 bits per heavy atom. The molecule has 3 amide bonds. The van der Waals surface area contributed by atoms with Gasteiger partial charge in [0.05, 0.1) is 25.9 Å². The van der Waals surface area contributed by atoms with Crippen LogP contribution in [-0.2, 0) is 30.3 Å². The summed E-state index contributed by atoms with van der Waals surface area (Å²) in [5, 5.41) is 28.4. The molecule has 42 heavy (non-hydrogen) atoms. The molecular formula is C31H43N3O8. The highest BCUT2D eigenvalue weighted by Gasteiger charge is 2.50. The van der Waals surface area contributed by atoms with E-state index in [2.05, 4.69) is 22.0 Å². The van der Waals surface area contributed by atoms with Gasteiger partial charge in [-0.15, -0.1) is 0 Å². The minimum Gasteiger partial charge on any atom is -0.504 e. The van der Waals surface area contributed by atoms with E-state index in [9.17, 15) is 29.4 Å². The molecule has 1 saturated heterocycles. The summed E-state index contributed by atoms with van der Waals surface area (Å²) in [6.07, 6.45) is 7.05. The lowest BCUT2D eigenvalue weighted by molar-refractivity contribution is -0.134. The molecule has 5 N–H and O–H groups in total. The Hall–Kier alpha value is -3.44. The number of phenolic OH excluding ortho intramolecular Hbond substituents is 1.